The van der Waals surface area contributed by atoms with Gasteiger partial charge in [-0.15, -0.1) is 16.4 Å². The maximum atomic E-state index is 13.1. The molecule has 1 amide bonds. The predicted octanol–water partition coefficient (Wildman–Crippen LogP) is 5.16. The number of thiazole rings is 1. The number of rotatable bonds is 3. The summed E-state index contributed by atoms with van der Waals surface area (Å²) in [6.07, 6.45) is 0. The van der Waals surface area contributed by atoms with Crippen LogP contribution in [0.1, 0.15) is 10.4 Å². The van der Waals surface area contributed by atoms with E-state index in [9.17, 15) is 9.18 Å². The van der Waals surface area contributed by atoms with Gasteiger partial charge in [-0.3, -0.25) is 10.1 Å². The van der Waals surface area contributed by atoms with Gasteiger partial charge in [0.25, 0.3) is 11.9 Å². The normalized spacial score (nSPS) is 11.0. The minimum absolute atomic E-state index is 0.163. The van der Waals surface area contributed by atoms with Crippen LogP contribution in [0.3, 0.4) is 0 Å². The van der Waals surface area contributed by atoms with Crippen LogP contribution in [0.15, 0.2) is 47.8 Å². The molecule has 0 atom stereocenters. The van der Waals surface area contributed by atoms with E-state index in [1.807, 2.05) is 5.38 Å². The average Bonchev–Trinajstić information content (AvgIpc) is 3.18. The van der Waals surface area contributed by atoms with Gasteiger partial charge in [0.1, 0.15) is 5.82 Å². The molecular formula is C17H9Cl2FN4OS. The van der Waals surface area contributed by atoms with Crippen LogP contribution in [-0.2, 0) is 0 Å². The topological polar surface area (TPSA) is 59.3 Å². The number of hydrogen-bond acceptors (Lipinski definition) is 4. The summed E-state index contributed by atoms with van der Waals surface area (Å²) in [5.74, 6) is -0.546. The number of hydrogen-bond donors (Lipinski definition) is 1. The Morgan fingerprint density at radius 2 is 1.88 bits per heavy atom. The first-order valence-electron chi connectivity index (χ1n) is 7.38. The van der Waals surface area contributed by atoms with Gasteiger partial charge in [0.2, 0.25) is 4.96 Å². The first kappa shape index (κ1) is 17.0. The van der Waals surface area contributed by atoms with Crippen LogP contribution in [0.4, 0.5) is 10.3 Å². The van der Waals surface area contributed by atoms with E-state index < -0.39 is 5.91 Å². The van der Waals surface area contributed by atoms with Gasteiger partial charge in [0.15, 0.2) is 0 Å². The molecule has 0 aliphatic carbocycles. The van der Waals surface area contributed by atoms with Crippen molar-refractivity contribution in [1.29, 1.82) is 0 Å². The fourth-order valence-electron chi connectivity index (χ4n) is 2.36. The second-order valence-corrected chi connectivity index (χ2v) is 6.99. The number of amides is 1. The van der Waals surface area contributed by atoms with Crippen molar-refractivity contribution in [1.82, 2.24) is 14.6 Å². The highest BCUT2D eigenvalue weighted by Crippen LogP contribution is 2.26. The zero-order valence-electron chi connectivity index (χ0n) is 12.9. The summed E-state index contributed by atoms with van der Waals surface area (Å²) in [5, 5.41) is 9.46. The molecule has 4 aromatic rings. The molecule has 0 unspecified atom stereocenters. The van der Waals surface area contributed by atoms with E-state index in [2.05, 4.69) is 15.4 Å². The van der Waals surface area contributed by atoms with Crippen molar-refractivity contribution < 1.29 is 9.18 Å². The number of benzene rings is 2. The molecule has 0 fully saturated rings. The van der Waals surface area contributed by atoms with Crippen molar-refractivity contribution in [2.75, 3.05) is 5.32 Å². The third kappa shape index (κ3) is 3.16. The van der Waals surface area contributed by atoms with Gasteiger partial charge in [-0.25, -0.2) is 8.91 Å². The van der Waals surface area contributed by atoms with Crippen molar-refractivity contribution in [2.45, 2.75) is 0 Å². The van der Waals surface area contributed by atoms with Gasteiger partial charge in [-0.2, -0.15) is 4.98 Å². The highest BCUT2D eigenvalue weighted by molar-refractivity contribution is 7.15. The van der Waals surface area contributed by atoms with Crippen molar-refractivity contribution >= 4 is 51.4 Å². The molecule has 5 nitrogen and oxygen atoms in total. The van der Waals surface area contributed by atoms with E-state index in [1.165, 1.54) is 29.5 Å². The molecule has 2 aromatic heterocycles. The molecule has 0 spiro atoms. The minimum Gasteiger partial charge on any atom is -0.289 e. The molecule has 0 saturated heterocycles. The maximum absolute atomic E-state index is 13.1. The number of fused-ring (bicyclic) bond motifs is 1. The van der Waals surface area contributed by atoms with E-state index in [1.54, 1.807) is 28.8 Å². The molecule has 26 heavy (non-hydrogen) atoms. The largest absolute Gasteiger partial charge is 0.289 e. The lowest BCUT2D eigenvalue weighted by atomic mass is 10.2. The van der Waals surface area contributed by atoms with Crippen molar-refractivity contribution in [2.24, 2.45) is 0 Å². The van der Waals surface area contributed by atoms with Crippen LogP contribution in [0.25, 0.3) is 16.2 Å². The molecule has 0 radical (unpaired) electrons. The van der Waals surface area contributed by atoms with Gasteiger partial charge in [0, 0.05) is 16.5 Å². The SMILES string of the molecule is O=C(Nc1nc2scc(-c3ccc(F)cc3)n2n1)c1ccc(Cl)c(Cl)c1. The molecule has 2 heterocycles. The summed E-state index contributed by atoms with van der Waals surface area (Å²) in [7, 11) is 0. The summed E-state index contributed by atoms with van der Waals surface area (Å²) >= 11 is 13.2. The number of aromatic nitrogens is 3. The zero-order chi connectivity index (χ0) is 18.3. The first-order valence-corrected chi connectivity index (χ1v) is 9.01. The number of carbonyl (C=O) groups excluding carboxylic acids is 1. The third-order valence-corrected chi connectivity index (χ3v) is 5.18. The highest BCUT2D eigenvalue weighted by atomic mass is 35.5. The van der Waals surface area contributed by atoms with Gasteiger partial charge < -0.3 is 0 Å². The smallest absolute Gasteiger partial charge is 0.258 e. The standard InChI is InChI=1S/C17H9Cl2FN4OS/c18-12-6-3-10(7-13(12)19)15(25)21-16-22-17-24(23-16)14(8-26-17)9-1-4-11(20)5-2-9/h1-8H,(H,21,23,25). The van der Waals surface area contributed by atoms with Crippen LogP contribution < -0.4 is 5.32 Å². The maximum Gasteiger partial charge on any atom is 0.258 e. The fraction of sp³-hybridized carbons (Fsp3) is 0. The highest BCUT2D eigenvalue weighted by Gasteiger charge is 2.15. The predicted molar refractivity (Wildman–Crippen MR) is 101 cm³/mol. The van der Waals surface area contributed by atoms with E-state index in [4.69, 9.17) is 23.2 Å². The number of carbonyl (C=O) groups is 1. The Morgan fingerprint density at radius 3 is 2.62 bits per heavy atom. The lowest BCUT2D eigenvalue weighted by molar-refractivity contribution is 0.102. The van der Waals surface area contributed by atoms with Crippen LogP contribution >= 0.6 is 34.5 Å². The number of halogens is 3. The summed E-state index contributed by atoms with van der Waals surface area (Å²) in [6.45, 7) is 0. The van der Waals surface area contributed by atoms with E-state index >= 15 is 0 Å². The van der Waals surface area contributed by atoms with Crippen LogP contribution in [0.2, 0.25) is 10.0 Å². The summed E-state index contributed by atoms with van der Waals surface area (Å²) in [6, 6.07) is 10.7. The van der Waals surface area contributed by atoms with Crippen molar-refractivity contribution in [3.8, 4) is 11.3 Å². The Hall–Kier alpha value is -2.48. The average molecular weight is 407 g/mol. The zero-order valence-corrected chi connectivity index (χ0v) is 15.2. The third-order valence-electron chi connectivity index (χ3n) is 3.63. The minimum atomic E-state index is -0.398. The Bertz CT molecular complexity index is 1120. The summed E-state index contributed by atoms with van der Waals surface area (Å²) in [4.78, 5) is 17.2. The molecule has 0 saturated carbocycles. The van der Waals surface area contributed by atoms with E-state index in [0.29, 0.717) is 15.5 Å². The van der Waals surface area contributed by atoms with E-state index in [-0.39, 0.29) is 16.8 Å². The first-order chi connectivity index (χ1) is 12.5. The molecule has 0 bridgehead atoms. The van der Waals surface area contributed by atoms with Crippen molar-refractivity contribution in [3.63, 3.8) is 0 Å². The monoisotopic (exact) mass is 406 g/mol. The number of anilines is 1. The van der Waals surface area contributed by atoms with Gasteiger partial charge in [-0.05, 0) is 42.5 Å². The van der Waals surface area contributed by atoms with Gasteiger partial charge >= 0.3 is 0 Å². The Balaban J connectivity index is 1.62. The molecule has 130 valence electrons. The second kappa shape index (κ2) is 6.68. The molecule has 4 rings (SSSR count). The van der Waals surface area contributed by atoms with Gasteiger partial charge in [-0.1, -0.05) is 23.2 Å². The van der Waals surface area contributed by atoms with E-state index in [0.717, 1.165) is 11.3 Å². The Morgan fingerprint density at radius 1 is 1.12 bits per heavy atom. The lowest BCUT2D eigenvalue weighted by Gasteiger charge is -2.02. The van der Waals surface area contributed by atoms with Gasteiger partial charge in [0.05, 0.1) is 15.7 Å². The number of nitrogens with one attached hydrogen (secondary N) is 1. The Kier molecular flexibility index (Phi) is 4.36. The van der Waals surface area contributed by atoms with Crippen LogP contribution in [0, 0.1) is 5.82 Å². The molecule has 1 N–H and O–H groups in total. The van der Waals surface area contributed by atoms with Crippen LogP contribution in [-0.4, -0.2) is 20.5 Å². The summed E-state index contributed by atoms with van der Waals surface area (Å²) in [5.41, 5.74) is 1.90. The molecule has 9 heteroatoms. The Labute approximate surface area is 161 Å². The number of nitrogens with zero attached hydrogens (tertiary/aromatic N) is 3. The fourth-order valence-corrected chi connectivity index (χ4v) is 3.49. The lowest BCUT2D eigenvalue weighted by Crippen LogP contribution is -2.13. The van der Waals surface area contributed by atoms with Crippen LogP contribution in [0.5, 0.6) is 0 Å². The molecular weight excluding hydrogens is 398 g/mol. The summed E-state index contributed by atoms with van der Waals surface area (Å²) < 4.78 is 14.7. The van der Waals surface area contributed by atoms with Crippen molar-refractivity contribution in [3.05, 3.63) is 69.3 Å². The molecule has 0 aliphatic rings. The molecule has 0 aliphatic heterocycles. The molecule has 2 aromatic carbocycles. The quantitative estimate of drug-likeness (QED) is 0.511. The second-order valence-electron chi connectivity index (χ2n) is 5.34.